The number of fused-ring (bicyclic) bond motifs is 1. The molecule has 2 aromatic rings. The zero-order valence-electron chi connectivity index (χ0n) is 14.6. The average molecular weight is 410 g/mol. The van der Waals surface area contributed by atoms with Crippen molar-refractivity contribution in [2.24, 2.45) is 0 Å². The van der Waals surface area contributed by atoms with Gasteiger partial charge in [0, 0.05) is 14.8 Å². The minimum absolute atomic E-state index is 0.129. The first-order valence-corrected chi connectivity index (χ1v) is 10.6. The number of carbonyl (C=O) groups is 2. The Morgan fingerprint density at radius 3 is 2.73 bits per heavy atom. The van der Waals surface area contributed by atoms with Gasteiger partial charge in [-0.2, -0.15) is 0 Å². The predicted octanol–water partition coefficient (Wildman–Crippen LogP) is 5.19. The number of amides is 1. The molecule has 138 valence electrons. The third-order valence-electron chi connectivity index (χ3n) is 4.13. The molecule has 0 bridgehead atoms. The fraction of sp³-hybridized carbons (Fsp3) is 0.368. The van der Waals surface area contributed by atoms with Crippen molar-refractivity contribution in [3.05, 3.63) is 45.3 Å². The molecule has 0 aliphatic heterocycles. The molecule has 1 aromatic heterocycles. The van der Waals surface area contributed by atoms with Crippen LogP contribution in [0.15, 0.2) is 29.2 Å². The maximum Gasteiger partial charge on any atom is 0.341 e. The molecule has 3 rings (SSSR count). The van der Waals surface area contributed by atoms with E-state index in [4.69, 9.17) is 16.3 Å². The molecule has 1 atom stereocenters. The molecule has 0 saturated carbocycles. The van der Waals surface area contributed by atoms with Crippen LogP contribution in [0.25, 0.3) is 0 Å². The predicted molar refractivity (Wildman–Crippen MR) is 108 cm³/mol. The summed E-state index contributed by atoms with van der Waals surface area (Å²) in [6.45, 7) is 3.95. The molecule has 0 fully saturated rings. The van der Waals surface area contributed by atoms with E-state index in [0.29, 0.717) is 22.2 Å². The van der Waals surface area contributed by atoms with Gasteiger partial charge in [-0.05, 0) is 62.9 Å². The van der Waals surface area contributed by atoms with Crippen LogP contribution in [-0.4, -0.2) is 23.7 Å². The quantitative estimate of drug-likeness (QED) is 0.527. The van der Waals surface area contributed by atoms with Crippen LogP contribution in [0.1, 0.15) is 41.1 Å². The number of rotatable bonds is 6. The number of thioether (sulfide) groups is 1. The third kappa shape index (κ3) is 4.24. The number of esters is 1. The van der Waals surface area contributed by atoms with Gasteiger partial charge in [0.05, 0.1) is 17.4 Å². The van der Waals surface area contributed by atoms with Gasteiger partial charge in [-0.15, -0.1) is 23.1 Å². The Hall–Kier alpha value is -1.50. The van der Waals surface area contributed by atoms with E-state index in [-0.39, 0.29) is 17.1 Å². The van der Waals surface area contributed by atoms with Gasteiger partial charge < -0.3 is 10.1 Å². The summed E-state index contributed by atoms with van der Waals surface area (Å²) >= 11 is 8.85. The summed E-state index contributed by atoms with van der Waals surface area (Å²) in [4.78, 5) is 27.2. The zero-order chi connectivity index (χ0) is 18.7. The molecule has 26 heavy (non-hydrogen) atoms. The van der Waals surface area contributed by atoms with Gasteiger partial charge in [-0.1, -0.05) is 11.6 Å². The zero-order valence-corrected chi connectivity index (χ0v) is 17.0. The van der Waals surface area contributed by atoms with Crippen molar-refractivity contribution in [1.82, 2.24) is 0 Å². The highest BCUT2D eigenvalue weighted by Gasteiger charge is 2.29. The number of ether oxygens (including phenoxy) is 1. The summed E-state index contributed by atoms with van der Waals surface area (Å²) in [5.41, 5.74) is 1.59. The Kier molecular flexibility index (Phi) is 6.27. The Morgan fingerprint density at radius 2 is 2.04 bits per heavy atom. The van der Waals surface area contributed by atoms with E-state index in [9.17, 15) is 9.59 Å². The molecule has 1 aromatic carbocycles. The number of anilines is 1. The summed E-state index contributed by atoms with van der Waals surface area (Å²) in [6, 6.07) is 7.38. The van der Waals surface area contributed by atoms with E-state index < -0.39 is 0 Å². The van der Waals surface area contributed by atoms with Gasteiger partial charge >= 0.3 is 5.97 Å². The Labute approximate surface area is 166 Å². The largest absolute Gasteiger partial charge is 0.462 e. The summed E-state index contributed by atoms with van der Waals surface area (Å²) in [5.74, 6) is -0.476. The van der Waals surface area contributed by atoms with Crippen LogP contribution < -0.4 is 5.32 Å². The maximum atomic E-state index is 12.6. The number of aryl methyl sites for hydroxylation is 1. The topological polar surface area (TPSA) is 55.4 Å². The van der Waals surface area contributed by atoms with Crippen LogP contribution in [-0.2, 0) is 22.4 Å². The first-order chi connectivity index (χ1) is 12.5. The Morgan fingerprint density at radius 1 is 1.31 bits per heavy atom. The Bertz CT molecular complexity index is 817. The van der Waals surface area contributed by atoms with Crippen molar-refractivity contribution >= 4 is 51.6 Å². The number of benzene rings is 1. The van der Waals surface area contributed by atoms with Crippen molar-refractivity contribution in [3.8, 4) is 0 Å². The molecule has 1 heterocycles. The molecular formula is C19H20ClNO3S2. The lowest BCUT2D eigenvalue weighted by molar-refractivity contribution is -0.115. The molecule has 0 spiro atoms. The van der Waals surface area contributed by atoms with E-state index in [1.807, 2.05) is 19.1 Å². The van der Waals surface area contributed by atoms with E-state index in [1.165, 1.54) is 28.0 Å². The molecule has 4 nitrogen and oxygen atoms in total. The highest BCUT2D eigenvalue weighted by atomic mass is 35.5. The van der Waals surface area contributed by atoms with Crippen molar-refractivity contribution in [3.63, 3.8) is 0 Å². The molecular weight excluding hydrogens is 390 g/mol. The van der Waals surface area contributed by atoms with Crippen molar-refractivity contribution in [2.75, 3.05) is 11.9 Å². The summed E-state index contributed by atoms with van der Waals surface area (Å²) in [7, 11) is 0. The fourth-order valence-corrected chi connectivity index (χ4v) is 5.17. The number of hydrogen-bond acceptors (Lipinski definition) is 5. The van der Waals surface area contributed by atoms with Crippen LogP contribution in [0.5, 0.6) is 0 Å². The van der Waals surface area contributed by atoms with Gasteiger partial charge in [0.15, 0.2) is 0 Å². The molecule has 1 aliphatic rings. The lowest BCUT2D eigenvalue weighted by Gasteiger charge is -2.13. The van der Waals surface area contributed by atoms with E-state index in [1.54, 1.807) is 19.1 Å². The van der Waals surface area contributed by atoms with Crippen LogP contribution in [0.3, 0.4) is 0 Å². The maximum absolute atomic E-state index is 12.6. The molecule has 1 amide bonds. The molecule has 1 N–H and O–H groups in total. The monoisotopic (exact) mass is 409 g/mol. The summed E-state index contributed by atoms with van der Waals surface area (Å²) in [5, 5.41) is 3.92. The van der Waals surface area contributed by atoms with E-state index in [0.717, 1.165) is 29.7 Å². The number of carbonyl (C=O) groups excluding carboxylic acids is 2. The fourth-order valence-electron chi connectivity index (χ4n) is 2.90. The van der Waals surface area contributed by atoms with Crippen molar-refractivity contribution in [2.45, 2.75) is 43.3 Å². The normalized spacial score (nSPS) is 14.0. The van der Waals surface area contributed by atoms with Crippen LogP contribution >= 0.6 is 34.7 Å². The average Bonchev–Trinajstić information content (AvgIpc) is 3.17. The van der Waals surface area contributed by atoms with Gasteiger partial charge in [-0.25, -0.2) is 4.79 Å². The second-order valence-corrected chi connectivity index (χ2v) is 8.94. The van der Waals surface area contributed by atoms with Gasteiger partial charge in [0.2, 0.25) is 5.91 Å². The minimum Gasteiger partial charge on any atom is -0.462 e. The minimum atomic E-state index is -0.347. The van der Waals surface area contributed by atoms with Gasteiger partial charge in [-0.3, -0.25) is 4.79 Å². The smallest absolute Gasteiger partial charge is 0.341 e. The van der Waals surface area contributed by atoms with Crippen LogP contribution in [0.2, 0.25) is 5.02 Å². The Balaban J connectivity index is 1.74. The SMILES string of the molecule is CCOC(=O)c1c(NC(=O)[C@H](C)Sc2ccc(Cl)cc2)sc2c1CCC2. The third-order valence-corrected chi connectivity index (χ3v) is 6.70. The first-order valence-electron chi connectivity index (χ1n) is 8.54. The number of halogens is 1. The van der Waals surface area contributed by atoms with E-state index in [2.05, 4.69) is 5.32 Å². The van der Waals surface area contributed by atoms with Crippen molar-refractivity contribution in [1.29, 1.82) is 0 Å². The lowest BCUT2D eigenvalue weighted by Crippen LogP contribution is -2.23. The number of nitrogens with one attached hydrogen (secondary N) is 1. The highest BCUT2D eigenvalue weighted by Crippen LogP contribution is 2.40. The molecule has 7 heteroatoms. The van der Waals surface area contributed by atoms with Crippen LogP contribution in [0, 0.1) is 0 Å². The highest BCUT2D eigenvalue weighted by molar-refractivity contribution is 8.00. The number of hydrogen-bond donors (Lipinski definition) is 1. The first kappa shape index (κ1) is 19.3. The standard InChI is InChI=1S/C19H20ClNO3S2/c1-3-24-19(23)16-14-5-4-6-15(14)26-18(16)21-17(22)11(2)25-13-9-7-12(20)8-10-13/h7-11H,3-6H2,1-2H3,(H,21,22)/t11-/m0/s1. The van der Waals surface area contributed by atoms with Crippen LogP contribution in [0.4, 0.5) is 5.00 Å². The number of thiophene rings is 1. The molecule has 0 saturated heterocycles. The summed E-state index contributed by atoms with van der Waals surface area (Å²) in [6.07, 6.45) is 2.87. The van der Waals surface area contributed by atoms with Gasteiger partial charge in [0.25, 0.3) is 0 Å². The van der Waals surface area contributed by atoms with Crippen molar-refractivity contribution < 1.29 is 14.3 Å². The van der Waals surface area contributed by atoms with Gasteiger partial charge in [0.1, 0.15) is 5.00 Å². The van der Waals surface area contributed by atoms with E-state index >= 15 is 0 Å². The second kappa shape index (κ2) is 8.46. The molecule has 0 radical (unpaired) electrons. The second-order valence-electron chi connectivity index (χ2n) is 5.99. The molecule has 0 unspecified atom stereocenters. The summed E-state index contributed by atoms with van der Waals surface area (Å²) < 4.78 is 5.20. The molecule has 1 aliphatic carbocycles. The lowest BCUT2D eigenvalue weighted by atomic mass is 10.1.